The van der Waals surface area contributed by atoms with E-state index in [1.807, 2.05) is 0 Å². The van der Waals surface area contributed by atoms with Crippen molar-refractivity contribution in [3.05, 3.63) is 6.33 Å². The first kappa shape index (κ1) is 18.0. The lowest BCUT2D eigenvalue weighted by Gasteiger charge is -2.31. The fraction of sp³-hybridized carbons (Fsp3) is 0.625. The average Bonchev–Trinajstić information content (AvgIpc) is 3.34. The Morgan fingerprint density at radius 3 is 2.96 bits per heavy atom. The maximum absolute atomic E-state index is 11.4. The number of aromatic nitrogens is 4. The van der Waals surface area contributed by atoms with Gasteiger partial charge in [-0.15, -0.1) is 0 Å². The Morgan fingerprint density at radius 1 is 1.52 bits per heavy atom. The van der Waals surface area contributed by atoms with Crippen LogP contribution in [0, 0.1) is 0 Å². The third-order valence-corrected chi connectivity index (χ3v) is 4.96. The summed E-state index contributed by atoms with van der Waals surface area (Å²) in [5.41, 5.74) is -0.269. The molecule has 0 saturated carbocycles. The predicted molar refractivity (Wildman–Crippen MR) is 91.1 cm³/mol. The van der Waals surface area contributed by atoms with E-state index in [2.05, 4.69) is 20.3 Å². The van der Waals surface area contributed by atoms with Crippen LogP contribution in [0.3, 0.4) is 0 Å². The normalized spacial score (nSPS) is 30.3. The average molecular weight is 379 g/mol. The van der Waals surface area contributed by atoms with Crippen LogP contribution < -0.4 is 10.1 Å². The minimum absolute atomic E-state index is 0.0623. The monoisotopic (exact) mass is 379 g/mol. The zero-order valence-electron chi connectivity index (χ0n) is 15.0. The van der Waals surface area contributed by atoms with Gasteiger partial charge in [0.2, 0.25) is 17.7 Å². The van der Waals surface area contributed by atoms with E-state index in [0.29, 0.717) is 24.2 Å². The number of ether oxygens (including phenoxy) is 3. The van der Waals surface area contributed by atoms with Crippen molar-refractivity contribution in [3.8, 4) is 5.88 Å². The summed E-state index contributed by atoms with van der Waals surface area (Å²) in [5.74, 6) is -0.0701. The number of aliphatic hydroxyl groups excluding tert-OH is 2. The van der Waals surface area contributed by atoms with Crippen molar-refractivity contribution in [2.75, 3.05) is 25.6 Å². The number of rotatable bonds is 4. The lowest BCUT2D eigenvalue weighted by atomic mass is 9.91. The molecular formula is C16H21N5O6. The van der Waals surface area contributed by atoms with Gasteiger partial charge in [-0.05, 0) is 12.8 Å². The number of imidazole rings is 1. The third-order valence-electron chi connectivity index (χ3n) is 4.96. The molecule has 3 N–H and O–H groups in total. The van der Waals surface area contributed by atoms with Crippen LogP contribution in [0.5, 0.6) is 5.88 Å². The van der Waals surface area contributed by atoms with Crippen LogP contribution in [0.1, 0.15) is 26.0 Å². The minimum Gasteiger partial charge on any atom is -0.479 e. The Morgan fingerprint density at radius 2 is 2.33 bits per heavy atom. The van der Waals surface area contributed by atoms with Crippen molar-refractivity contribution in [1.82, 2.24) is 19.5 Å². The molecule has 0 aromatic carbocycles. The molecule has 27 heavy (non-hydrogen) atoms. The molecule has 0 aliphatic carbocycles. The van der Waals surface area contributed by atoms with Crippen LogP contribution >= 0.6 is 0 Å². The van der Waals surface area contributed by atoms with Crippen LogP contribution in [0.2, 0.25) is 0 Å². The molecule has 1 spiro atoms. The number of carbonyl (C=O) groups is 1. The number of nitrogens with zero attached hydrogens (tertiary/aromatic N) is 4. The number of hydrogen-bond donors (Lipinski definition) is 3. The summed E-state index contributed by atoms with van der Waals surface area (Å²) in [6.07, 6.45) is 0.296. The molecule has 4 heterocycles. The summed E-state index contributed by atoms with van der Waals surface area (Å²) in [5, 5.41) is 22.8. The van der Waals surface area contributed by atoms with Crippen molar-refractivity contribution in [1.29, 1.82) is 0 Å². The molecule has 146 valence electrons. The maximum Gasteiger partial charge on any atom is 0.246 e. The van der Waals surface area contributed by atoms with E-state index in [0.717, 1.165) is 6.42 Å². The highest BCUT2D eigenvalue weighted by atomic mass is 16.6. The molecule has 0 radical (unpaired) electrons. The summed E-state index contributed by atoms with van der Waals surface area (Å²) in [7, 11) is 1.44. The molecule has 11 nitrogen and oxygen atoms in total. The van der Waals surface area contributed by atoms with Crippen LogP contribution in [0.25, 0.3) is 11.2 Å². The van der Waals surface area contributed by atoms with E-state index < -0.39 is 24.0 Å². The van der Waals surface area contributed by atoms with E-state index in [1.165, 1.54) is 20.4 Å². The summed E-state index contributed by atoms with van der Waals surface area (Å²) in [6, 6.07) is 0. The standard InChI is InChI=1S/C16H21N5O6/c1-8(23)18-15-19-12-10(13(20-15)25-2)17-7-21(12)14-16(4-3-5-26-16)11(24)9(6-22)27-14/h7,9,11,14,22,24H,3-6H2,1-2H3,(H,18,19,20,23)/t9?,11-,14-,16+/m1/s1. The van der Waals surface area contributed by atoms with E-state index in [-0.39, 0.29) is 24.3 Å². The van der Waals surface area contributed by atoms with Gasteiger partial charge in [0.25, 0.3) is 0 Å². The first-order valence-electron chi connectivity index (χ1n) is 8.64. The van der Waals surface area contributed by atoms with Gasteiger partial charge >= 0.3 is 0 Å². The zero-order chi connectivity index (χ0) is 19.2. The van der Waals surface area contributed by atoms with Crippen molar-refractivity contribution >= 4 is 23.0 Å². The van der Waals surface area contributed by atoms with Crippen molar-refractivity contribution < 1.29 is 29.2 Å². The van der Waals surface area contributed by atoms with E-state index in [9.17, 15) is 15.0 Å². The third kappa shape index (κ3) is 2.74. The highest BCUT2D eigenvalue weighted by molar-refractivity contribution is 5.88. The molecular weight excluding hydrogens is 358 g/mol. The molecule has 4 atom stereocenters. The lowest BCUT2D eigenvalue weighted by Crippen LogP contribution is -2.46. The van der Waals surface area contributed by atoms with Crippen molar-refractivity contribution in [2.45, 2.75) is 43.8 Å². The summed E-state index contributed by atoms with van der Waals surface area (Å²) < 4.78 is 18.7. The molecule has 2 aromatic rings. The Labute approximate surface area is 154 Å². The predicted octanol–water partition coefficient (Wildman–Crippen LogP) is -0.407. The molecule has 2 aliphatic heterocycles. The highest BCUT2D eigenvalue weighted by Crippen LogP contribution is 2.48. The van der Waals surface area contributed by atoms with Gasteiger partial charge in [0, 0.05) is 13.5 Å². The molecule has 4 rings (SSSR count). The van der Waals surface area contributed by atoms with Crippen LogP contribution in [-0.2, 0) is 14.3 Å². The van der Waals surface area contributed by atoms with Gasteiger partial charge in [0.05, 0.1) is 20.0 Å². The Bertz CT molecular complexity index is 864. The number of fused-ring (bicyclic) bond motifs is 1. The topological polar surface area (TPSA) is 141 Å². The summed E-state index contributed by atoms with van der Waals surface area (Å²) >= 11 is 0. The number of carbonyl (C=O) groups excluding carboxylic acids is 1. The van der Waals surface area contributed by atoms with E-state index >= 15 is 0 Å². The van der Waals surface area contributed by atoms with E-state index in [1.54, 1.807) is 4.57 Å². The highest BCUT2D eigenvalue weighted by Gasteiger charge is 2.59. The smallest absolute Gasteiger partial charge is 0.246 e. The zero-order valence-corrected chi connectivity index (χ0v) is 15.0. The molecule has 1 amide bonds. The number of anilines is 1. The second-order valence-corrected chi connectivity index (χ2v) is 6.62. The second-order valence-electron chi connectivity index (χ2n) is 6.62. The molecule has 2 saturated heterocycles. The van der Waals surface area contributed by atoms with Gasteiger partial charge < -0.3 is 24.4 Å². The van der Waals surface area contributed by atoms with Crippen LogP contribution in [0.4, 0.5) is 5.95 Å². The van der Waals surface area contributed by atoms with Crippen LogP contribution in [0.15, 0.2) is 6.33 Å². The quantitative estimate of drug-likeness (QED) is 0.646. The Balaban J connectivity index is 1.84. The van der Waals surface area contributed by atoms with Crippen LogP contribution in [-0.4, -0.2) is 73.8 Å². The molecule has 0 bridgehead atoms. The molecule has 11 heteroatoms. The number of hydrogen-bond acceptors (Lipinski definition) is 9. The first-order chi connectivity index (χ1) is 13.0. The van der Waals surface area contributed by atoms with Gasteiger partial charge in [0.1, 0.15) is 17.8 Å². The van der Waals surface area contributed by atoms with Gasteiger partial charge in [-0.25, -0.2) is 4.98 Å². The van der Waals surface area contributed by atoms with Gasteiger partial charge in [-0.2, -0.15) is 9.97 Å². The number of aliphatic hydroxyl groups is 2. The Hall–Kier alpha value is -2.34. The largest absolute Gasteiger partial charge is 0.479 e. The Kier molecular flexibility index (Phi) is 4.46. The minimum atomic E-state index is -1.01. The molecule has 1 unspecified atom stereocenters. The lowest BCUT2D eigenvalue weighted by molar-refractivity contribution is -0.119. The number of methoxy groups -OCH3 is 1. The fourth-order valence-corrected chi connectivity index (χ4v) is 3.79. The summed E-state index contributed by atoms with van der Waals surface area (Å²) in [4.78, 5) is 24.2. The first-order valence-corrected chi connectivity index (χ1v) is 8.64. The second kappa shape index (κ2) is 6.68. The van der Waals surface area contributed by atoms with Gasteiger partial charge in [-0.1, -0.05) is 0 Å². The molecule has 2 fully saturated rings. The number of amides is 1. The van der Waals surface area contributed by atoms with Gasteiger partial charge in [-0.3, -0.25) is 14.7 Å². The maximum atomic E-state index is 11.4. The van der Waals surface area contributed by atoms with Crippen molar-refractivity contribution in [2.24, 2.45) is 0 Å². The SMILES string of the molecule is COc1nc(NC(C)=O)nc2c1ncn2[C@@H]1OC(CO)[C@@H](O)[C@@]12CCCO2. The van der Waals surface area contributed by atoms with Gasteiger partial charge in [0.15, 0.2) is 17.4 Å². The molecule has 2 aromatic heterocycles. The van der Waals surface area contributed by atoms with E-state index in [4.69, 9.17) is 14.2 Å². The molecule has 2 aliphatic rings. The number of nitrogens with one attached hydrogen (secondary N) is 1. The fourth-order valence-electron chi connectivity index (χ4n) is 3.79. The van der Waals surface area contributed by atoms with Crippen molar-refractivity contribution in [3.63, 3.8) is 0 Å². The summed E-state index contributed by atoms with van der Waals surface area (Å²) in [6.45, 7) is 1.49.